The molecule has 0 N–H and O–H groups in total. The topological polar surface area (TPSA) is 121 Å². The van der Waals surface area contributed by atoms with E-state index in [1.165, 1.54) is 119 Å². The summed E-state index contributed by atoms with van der Waals surface area (Å²) in [5.41, 5.74) is 37.8. The third-order valence-corrected chi connectivity index (χ3v) is 17.1. The molecule has 0 unspecified atom stereocenters. The third kappa shape index (κ3) is 17.7. The maximum atomic E-state index is 5.42. The molecule has 0 amide bonds. The molecule has 3 aliphatic rings. The van der Waals surface area contributed by atoms with Crippen LogP contribution >= 0.6 is 0 Å². The maximum absolute atomic E-state index is 5.42. The van der Waals surface area contributed by atoms with Crippen LogP contribution in [0.3, 0.4) is 0 Å². The van der Waals surface area contributed by atoms with Crippen LogP contribution in [0.15, 0.2) is 36.4 Å². The minimum Gasteiger partial charge on any atom is -0.491 e. The minimum atomic E-state index is 0.600. The van der Waals surface area contributed by atoms with Crippen LogP contribution < -0.4 is 19.1 Å². The lowest BCUT2D eigenvalue weighted by atomic mass is 9.91. The summed E-state index contributed by atoms with van der Waals surface area (Å²) < 4.78 is 16.2. The predicted octanol–water partition coefficient (Wildman–Crippen LogP) is 19.6. The molecule has 3 aromatic carbocycles. The molecule has 11 nitrogen and oxygen atoms in total. The molecular weight excluding hydrogens is 1100 g/mol. The summed E-state index contributed by atoms with van der Waals surface area (Å²) in [6, 6.07) is 12.9. The zero-order valence-corrected chi connectivity index (χ0v) is 60.7. The van der Waals surface area contributed by atoms with E-state index in [1.54, 1.807) is 5.56 Å². The number of ether oxygens (including phenoxy) is 3. The van der Waals surface area contributed by atoms with E-state index in [-0.39, 0.29) is 0 Å². The van der Waals surface area contributed by atoms with E-state index < -0.39 is 0 Å². The fourth-order valence-electron chi connectivity index (χ4n) is 11.6. The Morgan fingerprint density at radius 2 is 0.753 bits per heavy atom. The molecule has 0 saturated heterocycles. The van der Waals surface area contributed by atoms with Gasteiger partial charge in [-0.2, -0.15) is 0 Å². The van der Waals surface area contributed by atoms with Crippen LogP contribution in [0.5, 0.6) is 17.4 Å². The Bertz CT molecular complexity index is 3920. The predicted molar refractivity (Wildman–Crippen MR) is 381 cm³/mol. The highest BCUT2D eigenvalue weighted by atomic mass is 16.6. The van der Waals surface area contributed by atoms with Crippen LogP contribution in [-0.4, -0.2) is 68.3 Å². The van der Waals surface area contributed by atoms with Crippen LogP contribution in [0.2, 0.25) is 0 Å². The molecule has 0 spiro atoms. The van der Waals surface area contributed by atoms with Crippen molar-refractivity contribution in [2.45, 2.75) is 220 Å². The first-order valence-electron chi connectivity index (χ1n) is 32.5. The average Bonchev–Trinajstić information content (AvgIpc) is 1.60. The van der Waals surface area contributed by atoms with Crippen molar-refractivity contribution in [2.75, 3.05) is 38.3 Å². The van der Waals surface area contributed by atoms with Gasteiger partial charge in [0.2, 0.25) is 0 Å². The standard InChI is InChI=1S/C15H19N.2C13H16N2.C13H19N.C9H11NO2.C9H11NO.3C2H6/c1-8-7-9(2)15-14(10(8)3)12(5)11(4)13(6)16-15;1-7-6-8(2)14-13-10(4)9(3)11(5)15-12(7)13;1-7-6-8(2)12-13(9(7)3)15-11(5)10(4)14-12;1-9-8-10(2)12-6-5-7-14(4)13(12)11(9)3;1-6-5-7(2)10-9-8(6)11-3-4-12-9;1-6-5-7(2)10-8-3-4-11-9(6)8;3*1-2/h7H,1-6H3;2*6H,1-5H3;8H,5-7H2,1-4H3;5H,3-4H2,1-2H3;5H,3-4H2,1-2H3;3*1-2H3. The van der Waals surface area contributed by atoms with Crippen LogP contribution in [0.4, 0.5) is 5.69 Å². The molecule has 11 heteroatoms. The first kappa shape index (κ1) is 73.9. The molecule has 0 radical (unpaired) electrons. The number of anilines is 1. The summed E-state index contributed by atoms with van der Waals surface area (Å²) >= 11 is 0. The van der Waals surface area contributed by atoms with E-state index in [1.807, 2.05) is 89.2 Å². The Labute approximate surface area is 537 Å². The van der Waals surface area contributed by atoms with Crippen molar-refractivity contribution >= 4 is 38.7 Å². The number of rotatable bonds is 0. The van der Waals surface area contributed by atoms with E-state index >= 15 is 0 Å². The monoisotopic (exact) mass is 1210 g/mol. The summed E-state index contributed by atoms with van der Waals surface area (Å²) in [6.07, 6.45) is 3.53. The lowest BCUT2D eigenvalue weighted by Crippen LogP contribution is -2.26. The zero-order chi connectivity index (χ0) is 67.0. The number of nitrogens with zero attached hydrogens (tertiary/aromatic N) is 8. The van der Waals surface area contributed by atoms with Crippen molar-refractivity contribution in [3.8, 4) is 17.4 Å². The molecule has 9 aromatic rings. The second-order valence-electron chi connectivity index (χ2n) is 23.6. The average molecular weight is 1210 g/mol. The summed E-state index contributed by atoms with van der Waals surface area (Å²) in [4.78, 5) is 34.2. The number of aromatic nitrogens is 7. The fraction of sp³-hybridized carbons (Fsp3) is 0.474. The molecule has 9 heterocycles. The lowest BCUT2D eigenvalue weighted by molar-refractivity contribution is 0.163. The second kappa shape index (κ2) is 33.3. The van der Waals surface area contributed by atoms with Gasteiger partial charge in [-0.25, -0.2) is 15.0 Å². The molecule has 0 fully saturated rings. The Morgan fingerprint density at radius 1 is 0.326 bits per heavy atom. The number of pyridine rings is 5. The van der Waals surface area contributed by atoms with Crippen molar-refractivity contribution in [1.82, 2.24) is 34.9 Å². The van der Waals surface area contributed by atoms with Crippen molar-refractivity contribution in [2.24, 2.45) is 0 Å². The van der Waals surface area contributed by atoms with Gasteiger partial charge in [0.1, 0.15) is 19.0 Å². The van der Waals surface area contributed by atoms with Crippen LogP contribution in [0.25, 0.3) is 33.0 Å². The maximum Gasteiger partial charge on any atom is 0.257 e. The van der Waals surface area contributed by atoms with Gasteiger partial charge in [-0.3, -0.25) is 19.9 Å². The normalized spacial score (nSPS) is 12.1. The van der Waals surface area contributed by atoms with E-state index in [9.17, 15) is 0 Å². The van der Waals surface area contributed by atoms with E-state index in [0.717, 1.165) is 97.7 Å². The van der Waals surface area contributed by atoms with Crippen molar-refractivity contribution in [1.29, 1.82) is 0 Å². The third-order valence-electron chi connectivity index (χ3n) is 17.1. The molecule has 3 aliphatic heterocycles. The Hall–Kier alpha value is -7.53. The molecule has 0 atom stereocenters. The second-order valence-corrected chi connectivity index (χ2v) is 23.6. The van der Waals surface area contributed by atoms with Gasteiger partial charge in [0.05, 0.1) is 51.3 Å². The van der Waals surface area contributed by atoms with E-state index in [0.29, 0.717) is 19.1 Å². The molecule has 12 rings (SSSR count). The van der Waals surface area contributed by atoms with Crippen molar-refractivity contribution in [3.63, 3.8) is 0 Å². The summed E-state index contributed by atoms with van der Waals surface area (Å²) in [5.74, 6) is 2.45. The molecule has 89 heavy (non-hydrogen) atoms. The van der Waals surface area contributed by atoms with Gasteiger partial charge in [0, 0.05) is 59.6 Å². The smallest absolute Gasteiger partial charge is 0.257 e. The number of aryl methyl sites for hydroxylation is 20. The molecular formula is C78H110N8O3. The lowest BCUT2D eigenvalue weighted by Gasteiger charge is -2.31. The molecule has 0 saturated carbocycles. The van der Waals surface area contributed by atoms with Crippen LogP contribution in [0, 0.1) is 159 Å². The van der Waals surface area contributed by atoms with Crippen molar-refractivity contribution in [3.05, 3.63) is 177 Å². The van der Waals surface area contributed by atoms with Gasteiger partial charge in [-0.05, 0) is 285 Å². The van der Waals surface area contributed by atoms with Gasteiger partial charge >= 0.3 is 0 Å². The van der Waals surface area contributed by atoms with Crippen LogP contribution in [0.1, 0.15) is 188 Å². The molecule has 480 valence electrons. The Morgan fingerprint density at radius 3 is 1.36 bits per heavy atom. The SMILES string of the molecule is CC.CC.CC.Cc1cc(C)c2c(c1C)N(C)CCC2.Cc1cc(C)c2c(n1)CCO2.Cc1cc(C)c2c(n1)OCCO2.Cc1cc(C)c2nc(C)c(C)c(C)c2c1C.Cc1cc(C)c2nc(C)c(C)c(C)c2n1.Cc1cc(C)c2nc(C)c(C)nc2c1C. The zero-order valence-electron chi connectivity index (χ0n) is 60.7. The molecule has 6 aromatic heterocycles. The molecule has 0 aliphatic carbocycles. The Balaban J connectivity index is 0.000000225. The summed E-state index contributed by atoms with van der Waals surface area (Å²) in [6.45, 7) is 63.7. The van der Waals surface area contributed by atoms with Gasteiger partial charge in [-0.15, -0.1) is 0 Å². The number of hydrogen-bond acceptors (Lipinski definition) is 11. The van der Waals surface area contributed by atoms with E-state index in [4.69, 9.17) is 19.2 Å². The highest BCUT2D eigenvalue weighted by molar-refractivity contribution is 5.90. The van der Waals surface area contributed by atoms with Gasteiger partial charge in [0.15, 0.2) is 5.75 Å². The highest BCUT2D eigenvalue weighted by Crippen LogP contribution is 2.35. The van der Waals surface area contributed by atoms with Gasteiger partial charge in [-0.1, -0.05) is 59.7 Å². The summed E-state index contributed by atoms with van der Waals surface area (Å²) in [5, 5.41) is 1.35. The highest BCUT2D eigenvalue weighted by Gasteiger charge is 2.20. The number of fused-ring (bicyclic) bond motifs is 6. The first-order chi connectivity index (χ1) is 42.1. The Kier molecular flexibility index (Phi) is 27.7. The van der Waals surface area contributed by atoms with Gasteiger partial charge in [0.25, 0.3) is 5.88 Å². The largest absolute Gasteiger partial charge is 0.491 e. The quantitative estimate of drug-likeness (QED) is 0.144. The summed E-state index contributed by atoms with van der Waals surface area (Å²) in [7, 11) is 2.21. The molecule has 0 bridgehead atoms. The number of hydrogen-bond donors (Lipinski definition) is 0. The van der Waals surface area contributed by atoms with Gasteiger partial charge < -0.3 is 19.1 Å². The van der Waals surface area contributed by atoms with E-state index in [2.05, 4.69) is 190 Å². The minimum absolute atomic E-state index is 0.600. The van der Waals surface area contributed by atoms with Crippen LogP contribution in [-0.2, 0) is 12.8 Å². The number of benzene rings is 3. The first-order valence-corrected chi connectivity index (χ1v) is 32.5. The fourth-order valence-corrected chi connectivity index (χ4v) is 11.6. The van der Waals surface area contributed by atoms with Crippen molar-refractivity contribution < 1.29 is 14.2 Å².